The molecule has 27 nitrogen and oxygen atoms in total. The molecule has 624 valence electrons. The van der Waals surface area contributed by atoms with E-state index in [4.69, 9.17) is 19.2 Å². The summed E-state index contributed by atoms with van der Waals surface area (Å²) in [6, 6.07) is 18.5. The normalized spacial score (nSPS) is 19.6. The first kappa shape index (κ1) is 82.7. The van der Waals surface area contributed by atoms with Crippen LogP contribution in [-0.4, -0.2) is 225 Å². The molecule has 0 aliphatic carbocycles. The van der Waals surface area contributed by atoms with Gasteiger partial charge in [-0.05, 0) is 126 Å². The third-order valence-electron chi connectivity index (χ3n) is 24.2. The van der Waals surface area contributed by atoms with Crippen LogP contribution >= 0.6 is 35.3 Å². The predicted octanol–water partition coefficient (Wildman–Crippen LogP) is 12.0. The number of anilines is 3. The number of rotatable bonds is 15. The van der Waals surface area contributed by atoms with E-state index in [2.05, 4.69) is 110 Å². The molecule has 6 aliphatic rings. The van der Waals surface area contributed by atoms with Crippen molar-refractivity contribution >= 4 is 136 Å². The van der Waals surface area contributed by atoms with E-state index in [1.165, 1.54) is 30.4 Å². The number of piperazine rings is 3. The number of amides is 3. The van der Waals surface area contributed by atoms with Crippen molar-refractivity contribution in [1.29, 1.82) is 0 Å². The molecule has 0 radical (unpaired) electrons. The van der Waals surface area contributed by atoms with E-state index in [0.29, 0.717) is 129 Å². The Morgan fingerprint density at radius 3 is 1.22 bits per heavy atom. The van der Waals surface area contributed by atoms with Crippen LogP contribution in [0.15, 0.2) is 146 Å². The highest BCUT2D eigenvalue weighted by Crippen LogP contribution is 2.52. The van der Waals surface area contributed by atoms with Gasteiger partial charge in [-0.15, -0.1) is 35.3 Å². The highest BCUT2D eigenvalue weighted by Gasteiger charge is 2.40. The van der Waals surface area contributed by atoms with Gasteiger partial charge in [-0.1, -0.05) is 37.9 Å². The zero-order valence-corrected chi connectivity index (χ0v) is 72.0. The number of halogens is 2. The third-order valence-corrected chi connectivity index (χ3v) is 27.9. The van der Waals surface area contributed by atoms with Gasteiger partial charge in [-0.3, -0.25) is 42.1 Å². The molecule has 3 fully saturated rings. The number of thioether (sulfide) groups is 3. The summed E-state index contributed by atoms with van der Waals surface area (Å²) < 4.78 is 56.7. The number of aromatic nitrogens is 12. The van der Waals surface area contributed by atoms with Gasteiger partial charge in [0.25, 0.3) is 0 Å². The van der Waals surface area contributed by atoms with E-state index < -0.39 is 0 Å². The molecule has 12 aromatic rings. The molecule has 7 atom stereocenters. The molecule has 3 amide bonds. The van der Waals surface area contributed by atoms with Crippen molar-refractivity contribution in [2.75, 3.05) is 125 Å². The highest BCUT2D eigenvalue weighted by atomic mass is 32.2. The zero-order valence-electron chi connectivity index (χ0n) is 69.5. The lowest BCUT2D eigenvalue weighted by Crippen LogP contribution is -2.58. The van der Waals surface area contributed by atoms with Gasteiger partial charge in [-0.2, -0.15) is 30.2 Å². The van der Waals surface area contributed by atoms with Crippen molar-refractivity contribution in [3.63, 3.8) is 0 Å². The molecule has 6 aromatic heterocycles. The van der Waals surface area contributed by atoms with Gasteiger partial charge in [0.15, 0.2) is 0 Å². The van der Waals surface area contributed by atoms with Crippen LogP contribution in [0.2, 0.25) is 0 Å². The second kappa shape index (κ2) is 33.2. The van der Waals surface area contributed by atoms with Crippen LogP contribution < -0.4 is 31.8 Å². The minimum Gasteiger partial charge on any atom is -0.383 e. The number of carbonyl (C=O) groups is 3. The van der Waals surface area contributed by atoms with E-state index in [-0.39, 0.29) is 88.7 Å². The average molecular weight is 1680 g/mol. The summed E-state index contributed by atoms with van der Waals surface area (Å²) in [6.07, 6.45) is 9.03. The van der Waals surface area contributed by atoms with Crippen LogP contribution in [0.5, 0.6) is 0 Å². The molecule has 3 unspecified atom stereocenters. The Kier molecular flexibility index (Phi) is 22.9. The number of aryl methyl sites for hydroxylation is 6. The summed E-state index contributed by atoms with van der Waals surface area (Å²) in [7, 11) is 10.5. The number of ether oxygens (including phenoxy) is 3. The standard InChI is InChI=1S/C30H33FN6O3S.C30H34N6O3S.C28H29FN6O3S/c1-7-24(38)35-12-18(4)36(13-17(35)3)29-21-10-16(2)25(20-8-9-23(31)22-11-32-34(5)26(20)22)28-27(21)37(30(39)33-29)19(14-40-6)15-41-28;1-7-24(37)34-13-19(4)35(14-18(34)3)29-23-11-17(2)25(22-10-8-9-20-12-31-33(5)26(20)22)28-27(23)36(30(38)32-29)21(15-39-6)16-40-28;1-5-22(36)33-8-10-34(11-9-33)27-19-12-16(2)23(18-6-7-21(29)20-13-30-32(3)24(18)20)26-25(19)35(28(37)31-27)17(14-38-4)15-39-26/h7-11,17-19H,1,12-15H2,2-6H3;7-12,18-19,21H,1,13-16H2,2-6H3;5-7,12-13,17H,1,8-11,14-15H2,2-4H3/t17-,18+,19?;18-,19+,21?;/m11./s1. The van der Waals surface area contributed by atoms with Crippen LogP contribution in [0, 0.1) is 32.4 Å². The Balaban J connectivity index is 0.000000134. The minimum absolute atomic E-state index is 0.0250. The lowest BCUT2D eigenvalue weighted by Gasteiger charge is -2.45. The summed E-state index contributed by atoms with van der Waals surface area (Å²) in [5.74, 6) is 2.99. The second-order valence-corrected chi connectivity index (χ2v) is 34.9. The van der Waals surface area contributed by atoms with Crippen molar-refractivity contribution in [1.82, 2.24) is 72.7 Å². The largest absolute Gasteiger partial charge is 0.383 e. The van der Waals surface area contributed by atoms with Crippen molar-refractivity contribution in [2.45, 2.75) is 105 Å². The number of methoxy groups -OCH3 is 3. The summed E-state index contributed by atoms with van der Waals surface area (Å²) in [5.41, 5.74) is 13.0. The van der Waals surface area contributed by atoms with Gasteiger partial charge < -0.3 is 43.6 Å². The molecule has 12 heterocycles. The first-order chi connectivity index (χ1) is 57.7. The van der Waals surface area contributed by atoms with E-state index in [1.54, 1.807) is 105 Å². The number of benzene rings is 6. The topological polar surface area (TPSA) is 256 Å². The predicted molar refractivity (Wildman–Crippen MR) is 472 cm³/mol. The molecule has 0 saturated carbocycles. The quantitative estimate of drug-likeness (QED) is 0.0864. The first-order valence-corrected chi connectivity index (χ1v) is 43.0. The molecule has 3 saturated heterocycles. The molecular formula is C88H96F2N18O9S3. The van der Waals surface area contributed by atoms with Crippen molar-refractivity contribution in [2.24, 2.45) is 21.1 Å². The summed E-state index contributed by atoms with van der Waals surface area (Å²) in [4.78, 5) is 107. The van der Waals surface area contributed by atoms with Gasteiger partial charge in [0.2, 0.25) is 17.7 Å². The first-order valence-electron chi connectivity index (χ1n) is 40.1. The zero-order chi connectivity index (χ0) is 84.9. The summed E-state index contributed by atoms with van der Waals surface area (Å²) >= 11 is 5.14. The summed E-state index contributed by atoms with van der Waals surface area (Å²) in [5, 5.41) is 17.9. The van der Waals surface area contributed by atoms with Crippen LogP contribution in [0.4, 0.5) is 26.2 Å². The molecule has 0 spiro atoms. The molecule has 6 aromatic carbocycles. The molecule has 0 bridgehead atoms. The van der Waals surface area contributed by atoms with Crippen LogP contribution in [0.25, 0.3) is 98.8 Å². The van der Waals surface area contributed by atoms with Gasteiger partial charge in [0.1, 0.15) is 29.1 Å². The average Bonchev–Trinajstić information content (AvgIpc) is 0.963. The Morgan fingerprint density at radius 2 is 0.825 bits per heavy atom. The lowest BCUT2D eigenvalue weighted by atomic mass is 9.95. The molecule has 6 aliphatic heterocycles. The number of para-hydroxylation sites is 1. The van der Waals surface area contributed by atoms with E-state index in [9.17, 15) is 37.5 Å². The molecule has 32 heteroatoms. The maximum absolute atomic E-state index is 14.8. The number of hydrogen-bond donors (Lipinski definition) is 0. The highest BCUT2D eigenvalue weighted by molar-refractivity contribution is 8.00. The Labute approximate surface area is 704 Å². The van der Waals surface area contributed by atoms with Gasteiger partial charge in [0.05, 0.1) is 100 Å². The SMILES string of the molecule is C=CC(=O)N1CCN(c2nc(=O)n3c4c(c(-c5ccc(F)c6cnn(C)c56)c(C)cc24)SCC3COC)CC1.C=CC(=O)N1C[C@H](C)N(c2nc(=O)n3c4c(c(-c5ccc(F)c6cnn(C)c56)c(C)cc24)SCC3COC)C[C@H]1C.C=CC(=O)N1C[C@H](C)N(c2nc(=O)n3c4c(c(-c5cccc6cnn(C)c56)c(C)cc24)SCC3COC)C[C@H]1C. The summed E-state index contributed by atoms with van der Waals surface area (Å²) in [6.45, 7) is 30.8. The fourth-order valence-corrected chi connectivity index (χ4v) is 22.7. The third kappa shape index (κ3) is 14.1. The monoisotopic (exact) mass is 1680 g/mol. The molecule has 18 rings (SSSR count). The van der Waals surface area contributed by atoms with E-state index >= 15 is 0 Å². The Morgan fingerprint density at radius 1 is 0.458 bits per heavy atom. The van der Waals surface area contributed by atoms with Crippen LogP contribution in [0.1, 0.15) is 62.5 Å². The van der Waals surface area contributed by atoms with E-state index in [0.717, 1.165) is 108 Å². The van der Waals surface area contributed by atoms with E-state index in [1.807, 2.05) is 81.0 Å². The van der Waals surface area contributed by atoms with Crippen LogP contribution in [-0.2, 0) is 49.7 Å². The van der Waals surface area contributed by atoms with Gasteiger partial charge >= 0.3 is 17.1 Å². The van der Waals surface area contributed by atoms with Gasteiger partial charge in [-0.25, -0.2) is 23.2 Å². The van der Waals surface area contributed by atoms with Crippen molar-refractivity contribution in [3.8, 4) is 33.4 Å². The Hall–Kier alpha value is -11.0. The molecule has 120 heavy (non-hydrogen) atoms. The van der Waals surface area contributed by atoms with Crippen LogP contribution in [0.3, 0.4) is 0 Å². The fraction of sp³-hybridized carbons (Fsp3) is 0.386. The maximum atomic E-state index is 14.8. The van der Waals surface area contributed by atoms with Crippen molar-refractivity contribution < 1.29 is 37.4 Å². The Bertz CT molecular complexity index is 6430. The molecular weight excluding hydrogens is 1590 g/mol. The maximum Gasteiger partial charge on any atom is 0.350 e. The lowest BCUT2D eigenvalue weighted by molar-refractivity contribution is -0.129. The molecule has 0 N–H and O–H groups in total. The number of nitrogens with zero attached hydrogens (tertiary/aromatic N) is 18. The van der Waals surface area contributed by atoms with Gasteiger partial charge in [0, 0.05) is 206 Å². The number of carbonyl (C=O) groups excluding carboxylic acids is 3. The second-order valence-electron chi connectivity index (χ2n) is 31.8. The minimum atomic E-state index is -0.333. The van der Waals surface area contributed by atoms with Crippen molar-refractivity contribution in [3.05, 3.63) is 177 Å². The number of fused-ring (bicyclic) bond motifs is 3. The smallest absolute Gasteiger partial charge is 0.350 e. The number of hydrogen-bond acceptors (Lipinski definition) is 21. The fourth-order valence-electron chi connectivity index (χ4n) is 18.6.